The van der Waals surface area contributed by atoms with Gasteiger partial charge in [0, 0.05) is 17.7 Å². The van der Waals surface area contributed by atoms with Crippen molar-refractivity contribution >= 4 is 19.7 Å². The molecular weight excluding hydrogens is 190 g/mol. The summed E-state index contributed by atoms with van der Waals surface area (Å²) in [6.07, 6.45) is 1.36. The third-order valence-corrected chi connectivity index (χ3v) is 1.94. The van der Waals surface area contributed by atoms with E-state index in [1.54, 1.807) is 7.05 Å². The summed E-state index contributed by atoms with van der Waals surface area (Å²) in [6.45, 7) is 0. The van der Waals surface area contributed by atoms with Crippen LogP contribution in [-0.4, -0.2) is 23.4 Å². The summed E-state index contributed by atoms with van der Waals surface area (Å²) in [5, 5.41) is 7.42. The van der Waals surface area contributed by atoms with Crippen molar-refractivity contribution in [1.82, 2.24) is 15.0 Å². The number of rotatable bonds is 2. The van der Waals surface area contributed by atoms with Crippen molar-refractivity contribution in [1.29, 1.82) is 0 Å². The number of halogens is 1. The van der Waals surface area contributed by atoms with Gasteiger partial charge in [0.25, 0.3) is 0 Å². The second-order valence-corrected chi connectivity index (χ2v) is 4.79. The lowest BCUT2D eigenvalue weighted by Gasteiger charge is -1.87. The molecule has 0 N–H and O–H groups in total. The molecule has 0 saturated heterocycles. The first-order valence-corrected chi connectivity index (χ1v) is 5.23. The number of hydrogen-bond donors (Lipinski definition) is 0. The van der Waals surface area contributed by atoms with Gasteiger partial charge in [-0.2, -0.15) is 15.0 Å². The van der Waals surface area contributed by atoms with Gasteiger partial charge in [0.1, 0.15) is 5.75 Å². The predicted octanol–water partition coefficient (Wildman–Crippen LogP) is -0.116. The van der Waals surface area contributed by atoms with Gasteiger partial charge in [0.2, 0.25) is 9.05 Å². The Balaban J connectivity index is 2.81. The van der Waals surface area contributed by atoms with Gasteiger partial charge in [-0.05, 0) is 0 Å². The van der Waals surface area contributed by atoms with E-state index in [2.05, 4.69) is 10.2 Å². The average molecular weight is 196 g/mol. The van der Waals surface area contributed by atoms with Crippen LogP contribution < -0.4 is 0 Å². The maximum absolute atomic E-state index is 10.5. The van der Waals surface area contributed by atoms with E-state index in [1.807, 2.05) is 0 Å². The Morgan fingerprint density at radius 3 is 2.73 bits per heavy atom. The van der Waals surface area contributed by atoms with Crippen molar-refractivity contribution in [3.05, 3.63) is 11.9 Å². The van der Waals surface area contributed by atoms with Gasteiger partial charge in [-0.3, -0.25) is 0 Å². The third kappa shape index (κ3) is 2.85. The molecule has 5 nitrogen and oxygen atoms in total. The van der Waals surface area contributed by atoms with Crippen LogP contribution in [0.4, 0.5) is 0 Å². The van der Waals surface area contributed by atoms with Crippen LogP contribution in [0.5, 0.6) is 0 Å². The fraction of sp³-hybridized carbons (Fsp3) is 0.500. The van der Waals surface area contributed by atoms with Crippen LogP contribution in [0.15, 0.2) is 6.20 Å². The van der Waals surface area contributed by atoms with E-state index in [-0.39, 0.29) is 5.75 Å². The molecule has 0 saturated carbocycles. The Labute approximate surface area is 68.4 Å². The fourth-order valence-corrected chi connectivity index (χ4v) is 1.45. The molecule has 0 aromatic carbocycles. The summed E-state index contributed by atoms with van der Waals surface area (Å²) >= 11 is 0. The van der Waals surface area contributed by atoms with Gasteiger partial charge in [0.05, 0.1) is 11.9 Å². The van der Waals surface area contributed by atoms with Gasteiger partial charge in [0.15, 0.2) is 0 Å². The van der Waals surface area contributed by atoms with E-state index in [9.17, 15) is 8.42 Å². The van der Waals surface area contributed by atoms with Crippen LogP contribution in [-0.2, 0) is 21.9 Å². The summed E-state index contributed by atoms with van der Waals surface area (Å²) in [7, 11) is 3.07. The third-order valence-electron chi connectivity index (χ3n) is 0.967. The highest BCUT2D eigenvalue weighted by Gasteiger charge is 2.09. The van der Waals surface area contributed by atoms with Gasteiger partial charge in [-0.1, -0.05) is 0 Å². The normalized spacial score (nSPS) is 11.8. The van der Waals surface area contributed by atoms with E-state index >= 15 is 0 Å². The molecule has 11 heavy (non-hydrogen) atoms. The summed E-state index contributed by atoms with van der Waals surface area (Å²) in [4.78, 5) is 1.28. The minimum atomic E-state index is -3.51. The lowest BCUT2D eigenvalue weighted by atomic mass is 10.6. The Morgan fingerprint density at radius 1 is 1.73 bits per heavy atom. The molecule has 0 aliphatic carbocycles. The molecule has 0 bridgehead atoms. The van der Waals surface area contributed by atoms with E-state index in [0.29, 0.717) is 5.69 Å². The summed E-state index contributed by atoms with van der Waals surface area (Å²) in [6, 6.07) is 0. The average Bonchev–Trinajstić information content (AvgIpc) is 2.10. The van der Waals surface area contributed by atoms with Crippen molar-refractivity contribution in [3.63, 3.8) is 0 Å². The number of aromatic nitrogens is 3. The van der Waals surface area contributed by atoms with Crippen LogP contribution in [0.3, 0.4) is 0 Å². The van der Waals surface area contributed by atoms with E-state index in [4.69, 9.17) is 10.7 Å². The Hall–Kier alpha value is -0.620. The highest BCUT2D eigenvalue weighted by atomic mass is 35.7. The summed E-state index contributed by atoms with van der Waals surface area (Å²) in [5.74, 6) is -0.275. The Morgan fingerprint density at radius 2 is 2.36 bits per heavy atom. The zero-order valence-electron chi connectivity index (χ0n) is 5.73. The maximum atomic E-state index is 10.5. The van der Waals surface area contributed by atoms with Crippen LogP contribution in [0.1, 0.15) is 5.69 Å². The van der Waals surface area contributed by atoms with Gasteiger partial charge in [-0.25, -0.2) is 8.42 Å². The molecule has 1 aromatic heterocycles. The SMILES string of the molecule is Cn1ncc(CS(=O)(=O)Cl)n1. The van der Waals surface area contributed by atoms with Gasteiger partial charge < -0.3 is 0 Å². The smallest absolute Gasteiger partial charge is 0.212 e. The Bertz CT molecular complexity index is 344. The molecule has 0 fully saturated rings. The highest BCUT2D eigenvalue weighted by molar-refractivity contribution is 8.13. The van der Waals surface area contributed by atoms with E-state index in [0.717, 1.165) is 0 Å². The first-order valence-electron chi connectivity index (χ1n) is 2.75. The zero-order chi connectivity index (χ0) is 8.48. The van der Waals surface area contributed by atoms with E-state index in [1.165, 1.54) is 11.0 Å². The summed E-state index contributed by atoms with van der Waals surface area (Å²) < 4.78 is 21.0. The van der Waals surface area contributed by atoms with Crippen molar-refractivity contribution in [3.8, 4) is 0 Å². The molecule has 0 radical (unpaired) electrons. The lowest BCUT2D eigenvalue weighted by molar-refractivity contribution is 0.606. The molecule has 7 heteroatoms. The molecule has 62 valence electrons. The zero-order valence-corrected chi connectivity index (χ0v) is 7.30. The quantitative estimate of drug-likeness (QED) is 0.618. The van der Waals surface area contributed by atoms with Crippen LogP contribution in [0.25, 0.3) is 0 Å². The first kappa shape index (κ1) is 8.48. The minimum Gasteiger partial charge on any atom is -0.212 e. The molecule has 0 spiro atoms. The van der Waals surface area contributed by atoms with Gasteiger partial charge in [-0.15, -0.1) is 0 Å². The summed E-state index contributed by atoms with van der Waals surface area (Å²) in [5.41, 5.74) is 0.350. The molecule has 0 amide bonds. The predicted molar refractivity (Wildman–Crippen MR) is 39.5 cm³/mol. The maximum Gasteiger partial charge on any atom is 0.238 e. The lowest BCUT2D eigenvalue weighted by Crippen LogP contribution is -1.97. The molecule has 0 unspecified atom stereocenters. The molecule has 0 aliphatic rings. The van der Waals surface area contributed by atoms with Crippen molar-refractivity contribution in [2.75, 3.05) is 0 Å². The molecular formula is C4H6ClN3O2S. The van der Waals surface area contributed by atoms with Crippen LogP contribution in [0, 0.1) is 0 Å². The fourth-order valence-electron chi connectivity index (χ4n) is 0.631. The first-order chi connectivity index (χ1) is 4.97. The number of nitrogens with zero attached hydrogens (tertiary/aromatic N) is 3. The molecule has 1 heterocycles. The molecule has 1 rings (SSSR count). The van der Waals surface area contributed by atoms with Crippen molar-refractivity contribution in [2.45, 2.75) is 5.75 Å². The monoisotopic (exact) mass is 195 g/mol. The standard InChI is InChI=1S/C4H6ClN3O2S/c1-8-6-2-4(7-8)3-11(5,9)10/h2H,3H2,1H3. The van der Waals surface area contributed by atoms with Crippen molar-refractivity contribution in [2.24, 2.45) is 7.05 Å². The van der Waals surface area contributed by atoms with E-state index < -0.39 is 9.05 Å². The van der Waals surface area contributed by atoms with Crippen molar-refractivity contribution < 1.29 is 8.42 Å². The highest BCUT2D eigenvalue weighted by Crippen LogP contribution is 2.04. The molecule has 1 aromatic rings. The molecule has 0 atom stereocenters. The molecule has 0 aliphatic heterocycles. The van der Waals surface area contributed by atoms with Gasteiger partial charge >= 0.3 is 0 Å². The van der Waals surface area contributed by atoms with Crippen LogP contribution >= 0.6 is 10.7 Å². The number of aryl methyl sites for hydroxylation is 1. The van der Waals surface area contributed by atoms with Crippen LogP contribution in [0.2, 0.25) is 0 Å². The Kier molecular flexibility index (Phi) is 2.15. The topological polar surface area (TPSA) is 64.8 Å². The second-order valence-electron chi connectivity index (χ2n) is 2.01. The second kappa shape index (κ2) is 2.78. The largest absolute Gasteiger partial charge is 0.238 e. The number of hydrogen-bond acceptors (Lipinski definition) is 4. The minimum absolute atomic E-state index is 0.275.